The summed E-state index contributed by atoms with van der Waals surface area (Å²) in [4.78, 5) is 11.8. The summed E-state index contributed by atoms with van der Waals surface area (Å²) in [5, 5.41) is 4.02. The average Bonchev–Trinajstić information content (AvgIpc) is 3.18. The van der Waals surface area contributed by atoms with Crippen LogP contribution in [0.2, 0.25) is 0 Å². The average molecular weight is 321 g/mol. The zero-order valence-corrected chi connectivity index (χ0v) is 13.9. The second-order valence-electron chi connectivity index (χ2n) is 5.67. The van der Waals surface area contributed by atoms with Crippen LogP contribution >= 0.6 is 0 Å². The molecule has 3 aromatic rings. The largest absolute Gasteiger partial charge is 0.459 e. The molecule has 2 heterocycles. The van der Waals surface area contributed by atoms with Gasteiger partial charge in [-0.15, -0.1) is 0 Å². The van der Waals surface area contributed by atoms with Crippen LogP contribution in [0.25, 0.3) is 5.69 Å². The van der Waals surface area contributed by atoms with E-state index in [1.54, 1.807) is 18.3 Å². The molecule has 5 heteroatoms. The van der Waals surface area contributed by atoms with Gasteiger partial charge < -0.3 is 8.98 Å². The number of nitrogens with zero attached hydrogens (tertiary/aromatic N) is 2. The first-order chi connectivity index (χ1) is 11.6. The molecule has 0 spiro atoms. The molecule has 0 bridgehead atoms. The Bertz CT molecular complexity index is 872. The molecule has 2 aromatic heterocycles. The van der Waals surface area contributed by atoms with Gasteiger partial charge >= 0.3 is 5.91 Å². The summed E-state index contributed by atoms with van der Waals surface area (Å²) in [6, 6.07) is 13.7. The maximum Gasteiger partial charge on any atom is 0.307 e. The van der Waals surface area contributed by atoms with Gasteiger partial charge in [0.15, 0.2) is 5.76 Å². The summed E-state index contributed by atoms with van der Waals surface area (Å²) in [5.74, 6) is -0.138. The van der Waals surface area contributed by atoms with Crippen molar-refractivity contribution in [1.29, 1.82) is 0 Å². The van der Waals surface area contributed by atoms with Crippen molar-refractivity contribution in [3.05, 3.63) is 77.0 Å². The fraction of sp³-hybridized carbons (Fsp3) is 0.158. The normalized spacial score (nSPS) is 11.1. The SMILES string of the molecule is Cc1ccc(-n2c(C)cc(/C=N\NC(=O)c3ccco3)c2C)cc1. The van der Waals surface area contributed by atoms with E-state index >= 15 is 0 Å². The minimum Gasteiger partial charge on any atom is -0.459 e. The highest BCUT2D eigenvalue weighted by Crippen LogP contribution is 2.20. The summed E-state index contributed by atoms with van der Waals surface area (Å²) in [6.07, 6.45) is 3.10. The zero-order valence-electron chi connectivity index (χ0n) is 13.9. The second kappa shape index (κ2) is 6.58. The van der Waals surface area contributed by atoms with Gasteiger partial charge in [-0.25, -0.2) is 5.43 Å². The molecule has 0 aliphatic rings. The molecule has 1 N–H and O–H groups in total. The van der Waals surface area contributed by atoms with Crippen molar-refractivity contribution in [1.82, 2.24) is 9.99 Å². The van der Waals surface area contributed by atoms with Crippen molar-refractivity contribution in [2.24, 2.45) is 5.10 Å². The number of rotatable bonds is 4. The van der Waals surface area contributed by atoms with E-state index in [0.29, 0.717) is 0 Å². The highest BCUT2D eigenvalue weighted by atomic mass is 16.3. The van der Waals surface area contributed by atoms with Gasteiger partial charge in [0, 0.05) is 22.6 Å². The van der Waals surface area contributed by atoms with Gasteiger partial charge in [0.05, 0.1) is 12.5 Å². The Balaban J connectivity index is 1.80. The number of amides is 1. The molecule has 24 heavy (non-hydrogen) atoms. The van der Waals surface area contributed by atoms with E-state index in [2.05, 4.69) is 46.3 Å². The number of carbonyl (C=O) groups excluding carboxylic acids is 1. The molecule has 0 aliphatic heterocycles. The van der Waals surface area contributed by atoms with Crippen LogP contribution in [0.15, 0.2) is 58.2 Å². The summed E-state index contributed by atoms with van der Waals surface area (Å²) in [7, 11) is 0. The maximum absolute atomic E-state index is 11.8. The van der Waals surface area contributed by atoms with E-state index in [9.17, 15) is 4.79 Å². The Morgan fingerprint density at radius 2 is 1.92 bits per heavy atom. The molecule has 122 valence electrons. The zero-order chi connectivity index (χ0) is 17.1. The van der Waals surface area contributed by atoms with Crippen LogP contribution in [0, 0.1) is 20.8 Å². The van der Waals surface area contributed by atoms with Crippen LogP contribution in [-0.2, 0) is 0 Å². The lowest BCUT2D eigenvalue weighted by atomic mass is 10.2. The third-order valence-corrected chi connectivity index (χ3v) is 3.88. The third kappa shape index (κ3) is 3.15. The maximum atomic E-state index is 11.8. The lowest BCUT2D eigenvalue weighted by molar-refractivity contribution is 0.0927. The molecule has 0 aliphatic carbocycles. The smallest absolute Gasteiger partial charge is 0.307 e. The van der Waals surface area contributed by atoms with Gasteiger partial charge in [-0.1, -0.05) is 17.7 Å². The molecule has 0 unspecified atom stereocenters. The molecule has 0 radical (unpaired) electrons. The highest BCUT2D eigenvalue weighted by Gasteiger charge is 2.10. The lowest BCUT2D eigenvalue weighted by Gasteiger charge is -2.09. The van der Waals surface area contributed by atoms with Gasteiger partial charge in [-0.05, 0) is 51.1 Å². The van der Waals surface area contributed by atoms with Crippen molar-refractivity contribution in [2.45, 2.75) is 20.8 Å². The van der Waals surface area contributed by atoms with Gasteiger partial charge in [0.25, 0.3) is 0 Å². The van der Waals surface area contributed by atoms with E-state index < -0.39 is 0 Å². The molecule has 1 amide bonds. The van der Waals surface area contributed by atoms with E-state index in [4.69, 9.17) is 4.42 Å². The van der Waals surface area contributed by atoms with Gasteiger partial charge in [0.2, 0.25) is 0 Å². The minimum absolute atomic E-state index is 0.234. The molecule has 0 fully saturated rings. The monoisotopic (exact) mass is 321 g/mol. The first-order valence-corrected chi connectivity index (χ1v) is 7.69. The molecule has 3 rings (SSSR count). The van der Waals surface area contributed by atoms with Crippen LogP contribution in [-0.4, -0.2) is 16.7 Å². The standard InChI is InChI=1S/C19H19N3O2/c1-13-6-8-17(9-7-13)22-14(2)11-16(15(22)3)12-20-21-19(23)18-5-4-10-24-18/h4-12H,1-3H3,(H,21,23)/b20-12-. The number of carbonyl (C=O) groups is 1. The van der Waals surface area contributed by atoms with Crippen LogP contribution < -0.4 is 5.43 Å². The van der Waals surface area contributed by atoms with Crippen molar-refractivity contribution in [3.8, 4) is 5.69 Å². The number of benzene rings is 1. The molecule has 0 atom stereocenters. The summed E-state index contributed by atoms with van der Waals surface area (Å²) in [6.45, 7) is 6.15. The molecule has 5 nitrogen and oxygen atoms in total. The van der Waals surface area contributed by atoms with Crippen LogP contribution in [0.5, 0.6) is 0 Å². The first-order valence-electron chi connectivity index (χ1n) is 7.69. The minimum atomic E-state index is -0.372. The van der Waals surface area contributed by atoms with Crippen LogP contribution in [0.1, 0.15) is 33.1 Å². The predicted molar refractivity (Wildman–Crippen MR) is 93.7 cm³/mol. The quantitative estimate of drug-likeness (QED) is 0.587. The Kier molecular flexibility index (Phi) is 4.33. The van der Waals surface area contributed by atoms with Crippen molar-refractivity contribution < 1.29 is 9.21 Å². The first kappa shape index (κ1) is 15.8. The lowest BCUT2D eigenvalue weighted by Crippen LogP contribution is -2.16. The Labute approximate surface area is 140 Å². The van der Waals surface area contributed by atoms with Crippen molar-refractivity contribution in [2.75, 3.05) is 0 Å². The number of hydrogen-bond donors (Lipinski definition) is 1. The van der Waals surface area contributed by atoms with Gasteiger partial charge in [0.1, 0.15) is 0 Å². The molecular formula is C19H19N3O2. The second-order valence-corrected chi connectivity index (χ2v) is 5.67. The van der Waals surface area contributed by atoms with Gasteiger partial charge in [-0.3, -0.25) is 4.79 Å². The Hall–Kier alpha value is -3.08. The fourth-order valence-corrected chi connectivity index (χ4v) is 2.63. The Morgan fingerprint density at radius 3 is 2.58 bits per heavy atom. The van der Waals surface area contributed by atoms with E-state index in [1.165, 1.54) is 11.8 Å². The van der Waals surface area contributed by atoms with Crippen molar-refractivity contribution in [3.63, 3.8) is 0 Å². The van der Waals surface area contributed by atoms with Crippen LogP contribution in [0.3, 0.4) is 0 Å². The van der Waals surface area contributed by atoms with E-state index in [0.717, 1.165) is 22.6 Å². The number of hydrogen-bond acceptors (Lipinski definition) is 3. The number of nitrogens with one attached hydrogen (secondary N) is 1. The number of furan rings is 1. The number of aryl methyl sites for hydroxylation is 2. The Morgan fingerprint density at radius 1 is 1.17 bits per heavy atom. The summed E-state index contributed by atoms with van der Waals surface area (Å²) in [5.41, 5.74) is 7.92. The van der Waals surface area contributed by atoms with Crippen molar-refractivity contribution >= 4 is 12.1 Å². The van der Waals surface area contributed by atoms with E-state index in [-0.39, 0.29) is 11.7 Å². The molecule has 0 saturated heterocycles. The number of hydrazone groups is 1. The number of aromatic nitrogens is 1. The molecule has 0 saturated carbocycles. The third-order valence-electron chi connectivity index (χ3n) is 3.88. The molecular weight excluding hydrogens is 302 g/mol. The predicted octanol–water partition coefficient (Wildman–Crippen LogP) is 3.76. The summed E-state index contributed by atoms with van der Waals surface area (Å²) >= 11 is 0. The van der Waals surface area contributed by atoms with Crippen LogP contribution in [0.4, 0.5) is 0 Å². The topological polar surface area (TPSA) is 59.5 Å². The highest BCUT2D eigenvalue weighted by molar-refractivity contribution is 5.92. The fourth-order valence-electron chi connectivity index (χ4n) is 2.63. The molecule has 1 aromatic carbocycles. The van der Waals surface area contributed by atoms with Gasteiger partial charge in [-0.2, -0.15) is 5.10 Å². The van der Waals surface area contributed by atoms with E-state index in [1.807, 2.05) is 19.9 Å². The summed E-state index contributed by atoms with van der Waals surface area (Å²) < 4.78 is 7.18.